The molecule has 17 heavy (non-hydrogen) atoms. The Bertz CT molecular complexity index is 325. The Balaban J connectivity index is 2.01. The van der Waals surface area contributed by atoms with E-state index in [-0.39, 0.29) is 6.04 Å². The average molecular weight is 296 g/mol. The lowest BCUT2D eigenvalue weighted by atomic mass is 9.83. The molecule has 0 amide bonds. The predicted molar refractivity (Wildman–Crippen MR) is 76.9 cm³/mol. The van der Waals surface area contributed by atoms with Gasteiger partial charge < -0.3 is 5.73 Å². The molecular formula is C15H22BrN. The number of halogens is 1. The van der Waals surface area contributed by atoms with Crippen molar-refractivity contribution in [3.05, 3.63) is 34.3 Å². The second-order valence-corrected chi connectivity index (χ2v) is 6.10. The van der Waals surface area contributed by atoms with Gasteiger partial charge in [-0.3, -0.25) is 0 Å². The molecule has 0 heterocycles. The van der Waals surface area contributed by atoms with E-state index < -0.39 is 0 Å². The Kier molecular flexibility index (Phi) is 5.05. The smallest absolute Gasteiger partial charge is 0.0323 e. The molecule has 0 spiro atoms. The van der Waals surface area contributed by atoms with Crippen LogP contribution < -0.4 is 5.73 Å². The van der Waals surface area contributed by atoms with Crippen molar-refractivity contribution in [3.8, 4) is 0 Å². The molecule has 1 unspecified atom stereocenters. The Morgan fingerprint density at radius 1 is 0.941 bits per heavy atom. The van der Waals surface area contributed by atoms with Crippen LogP contribution in [-0.4, -0.2) is 0 Å². The number of hydrogen-bond donors (Lipinski definition) is 1. The fourth-order valence-electron chi connectivity index (χ4n) is 2.80. The Hall–Kier alpha value is -0.340. The molecule has 1 nitrogen and oxygen atoms in total. The van der Waals surface area contributed by atoms with Crippen LogP contribution >= 0.6 is 15.9 Å². The fourth-order valence-corrected chi connectivity index (χ4v) is 3.07. The van der Waals surface area contributed by atoms with Crippen LogP contribution in [0.2, 0.25) is 0 Å². The maximum atomic E-state index is 6.42. The molecular weight excluding hydrogens is 274 g/mol. The van der Waals surface area contributed by atoms with Crippen LogP contribution in [0, 0.1) is 5.92 Å². The van der Waals surface area contributed by atoms with Crippen molar-refractivity contribution >= 4 is 15.9 Å². The molecule has 1 aromatic rings. The first kappa shape index (κ1) is 13.1. The van der Waals surface area contributed by atoms with E-state index in [2.05, 4.69) is 40.2 Å². The molecule has 1 atom stereocenters. The minimum Gasteiger partial charge on any atom is -0.324 e. The summed E-state index contributed by atoms with van der Waals surface area (Å²) in [5.74, 6) is 0.677. The largest absolute Gasteiger partial charge is 0.324 e. The highest BCUT2D eigenvalue weighted by Crippen LogP contribution is 2.31. The van der Waals surface area contributed by atoms with Gasteiger partial charge in [-0.1, -0.05) is 60.2 Å². The Labute approximate surface area is 113 Å². The topological polar surface area (TPSA) is 26.0 Å². The number of rotatable bonds is 2. The molecule has 2 rings (SSSR count). The molecule has 1 aliphatic rings. The molecule has 0 bridgehead atoms. The monoisotopic (exact) mass is 295 g/mol. The van der Waals surface area contributed by atoms with Gasteiger partial charge in [0.2, 0.25) is 0 Å². The van der Waals surface area contributed by atoms with E-state index in [1.807, 2.05) is 0 Å². The van der Waals surface area contributed by atoms with Gasteiger partial charge in [-0.05, 0) is 36.5 Å². The maximum Gasteiger partial charge on any atom is 0.0323 e. The third kappa shape index (κ3) is 3.82. The summed E-state index contributed by atoms with van der Waals surface area (Å²) in [5, 5.41) is 0. The van der Waals surface area contributed by atoms with E-state index in [1.165, 1.54) is 50.5 Å². The van der Waals surface area contributed by atoms with Gasteiger partial charge >= 0.3 is 0 Å². The SMILES string of the molecule is NC(c1ccc(Br)cc1)C1CCCCCCC1. The van der Waals surface area contributed by atoms with Crippen LogP contribution in [0.1, 0.15) is 56.6 Å². The molecule has 1 saturated carbocycles. The summed E-state index contributed by atoms with van der Waals surface area (Å²) >= 11 is 3.47. The molecule has 1 aliphatic carbocycles. The van der Waals surface area contributed by atoms with Crippen LogP contribution in [-0.2, 0) is 0 Å². The highest BCUT2D eigenvalue weighted by atomic mass is 79.9. The van der Waals surface area contributed by atoms with Crippen LogP contribution in [0.25, 0.3) is 0 Å². The molecule has 1 fully saturated rings. The van der Waals surface area contributed by atoms with Gasteiger partial charge in [0.15, 0.2) is 0 Å². The first-order valence-electron chi connectivity index (χ1n) is 6.78. The van der Waals surface area contributed by atoms with E-state index in [4.69, 9.17) is 5.73 Å². The molecule has 0 radical (unpaired) electrons. The summed E-state index contributed by atoms with van der Waals surface area (Å²) in [5.41, 5.74) is 7.72. The van der Waals surface area contributed by atoms with Crippen molar-refractivity contribution in [2.75, 3.05) is 0 Å². The van der Waals surface area contributed by atoms with Crippen LogP contribution in [0.3, 0.4) is 0 Å². The number of benzene rings is 1. The van der Waals surface area contributed by atoms with Crippen LogP contribution in [0.5, 0.6) is 0 Å². The first-order chi connectivity index (χ1) is 8.27. The summed E-state index contributed by atoms with van der Waals surface area (Å²) in [6.07, 6.45) is 9.52. The van der Waals surface area contributed by atoms with E-state index in [9.17, 15) is 0 Å². The predicted octanol–water partition coefficient (Wildman–Crippen LogP) is 4.81. The number of nitrogens with two attached hydrogens (primary N) is 1. The quantitative estimate of drug-likeness (QED) is 0.832. The van der Waals surface area contributed by atoms with Crippen LogP contribution in [0.15, 0.2) is 28.7 Å². The zero-order valence-electron chi connectivity index (χ0n) is 10.4. The van der Waals surface area contributed by atoms with Crippen molar-refractivity contribution in [2.24, 2.45) is 11.7 Å². The molecule has 1 aromatic carbocycles. The number of hydrogen-bond acceptors (Lipinski definition) is 1. The molecule has 0 saturated heterocycles. The molecule has 0 aliphatic heterocycles. The zero-order chi connectivity index (χ0) is 12.1. The lowest BCUT2D eigenvalue weighted by molar-refractivity contribution is 0.327. The second kappa shape index (κ2) is 6.55. The van der Waals surface area contributed by atoms with Crippen LogP contribution in [0.4, 0.5) is 0 Å². The second-order valence-electron chi connectivity index (χ2n) is 5.18. The summed E-state index contributed by atoms with van der Waals surface area (Å²) in [6.45, 7) is 0. The van der Waals surface area contributed by atoms with Gasteiger partial charge in [0.1, 0.15) is 0 Å². The molecule has 2 N–H and O–H groups in total. The van der Waals surface area contributed by atoms with E-state index in [1.54, 1.807) is 0 Å². The van der Waals surface area contributed by atoms with Crippen molar-refractivity contribution in [1.82, 2.24) is 0 Å². The van der Waals surface area contributed by atoms with Gasteiger partial charge in [-0.15, -0.1) is 0 Å². The Morgan fingerprint density at radius 3 is 2.06 bits per heavy atom. The third-order valence-corrected chi connectivity index (χ3v) is 4.44. The molecule has 2 heteroatoms. The zero-order valence-corrected chi connectivity index (χ0v) is 12.0. The lowest BCUT2D eigenvalue weighted by Gasteiger charge is -2.26. The van der Waals surface area contributed by atoms with Gasteiger partial charge in [0.05, 0.1) is 0 Å². The fraction of sp³-hybridized carbons (Fsp3) is 0.600. The minimum atomic E-state index is 0.223. The molecule has 0 aromatic heterocycles. The van der Waals surface area contributed by atoms with Crippen molar-refractivity contribution < 1.29 is 0 Å². The average Bonchev–Trinajstić information content (AvgIpc) is 2.29. The lowest BCUT2D eigenvalue weighted by Crippen LogP contribution is -2.22. The van der Waals surface area contributed by atoms with Crippen molar-refractivity contribution in [3.63, 3.8) is 0 Å². The van der Waals surface area contributed by atoms with Gasteiger partial charge in [-0.25, -0.2) is 0 Å². The first-order valence-corrected chi connectivity index (χ1v) is 7.58. The van der Waals surface area contributed by atoms with Crippen molar-refractivity contribution in [2.45, 2.75) is 51.0 Å². The standard InChI is InChI=1S/C15H22BrN/c16-14-10-8-13(9-11-14)15(17)12-6-4-2-1-3-5-7-12/h8-12,15H,1-7,17H2. The third-order valence-electron chi connectivity index (χ3n) is 3.91. The minimum absolute atomic E-state index is 0.223. The highest BCUT2D eigenvalue weighted by molar-refractivity contribution is 9.10. The maximum absolute atomic E-state index is 6.42. The van der Waals surface area contributed by atoms with Gasteiger partial charge in [0, 0.05) is 10.5 Å². The molecule has 94 valence electrons. The van der Waals surface area contributed by atoms with E-state index >= 15 is 0 Å². The van der Waals surface area contributed by atoms with Gasteiger partial charge in [-0.2, -0.15) is 0 Å². The summed E-state index contributed by atoms with van der Waals surface area (Å²) < 4.78 is 1.13. The van der Waals surface area contributed by atoms with E-state index in [0.29, 0.717) is 5.92 Å². The normalized spacial score (nSPS) is 20.6. The summed E-state index contributed by atoms with van der Waals surface area (Å²) in [6, 6.07) is 8.73. The Morgan fingerprint density at radius 2 is 1.47 bits per heavy atom. The summed E-state index contributed by atoms with van der Waals surface area (Å²) in [7, 11) is 0. The summed E-state index contributed by atoms with van der Waals surface area (Å²) in [4.78, 5) is 0. The van der Waals surface area contributed by atoms with E-state index in [0.717, 1.165) is 4.47 Å². The highest BCUT2D eigenvalue weighted by Gasteiger charge is 2.19. The van der Waals surface area contributed by atoms with Gasteiger partial charge in [0.25, 0.3) is 0 Å². The van der Waals surface area contributed by atoms with Crippen molar-refractivity contribution in [1.29, 1.82) is 0 Å².